The van der Waals surface area contributed by atoms with Crippen molar-refractivity contribution in [1.29, 1.82) is 0 Å². The molecular formula is C16H19N3O3. The number of rotatable bonds is 3. The number of benzene rings is 1. The summed E-state index contributed by atoms with van der Waals surface area (Å²) >= 11 is 0. The van der Waals surface area contributed by atoms with Gasteiger partial charge in [-0.15, -0.1) is 0 Å². The molecule has 1 aromatic heterocycles. The molecule has 1 atom stereocenters. The van der Waals surface area contributed by atoms with E-state index < -0.39 is 6.10 Å². The van der Waals surface area contributed by atoms with Gasteiger partial charge in [0.2, 0.25) is 5.89 Å². The zero-order valence-electron chi connectivity index (χ0n) is 12.7. The van der Waals surface area contributed by atoms with Gasteiger partial charge in [0.05, 0.1) is 12.3 Å². The fraction of sp³-hybridized carbons (Fsp3) is 0.375. The van der Waals surface area contributed by atoms with Crippen molar-refractivity contribution in [3.63, 3.8) is 0 Å². The summed E-state index contributed by atoms with van der Waals surface area (Å²) in [5.74, 6) is 0.410. The van der Waals surface area contributed by atoms with Crippen LogP contribution in [0.15, 0.2) is 28.9 Å². The van der Waals surface area contributed by atoms with Crippen LogP contribution in [0.1, 0.15) is 11.3 Å². The third-order valence-corrected chi connectivity index (χ3v) is 3.57. The number of aromatic nitrogens is 1. The van der Waals surface area contributed by atoms with Crippen LogP contribution < -0.4 is 10.6 Å². The van der Waals surface area contributed by atoms with E-state index in [-0.39, 0.29) is 5.91 Å². The second-order valence-electron chi connectivity index (χ2n) is 5.38. The lowest BCUT2D eigenvalue weighted by molar-refractivity contribution is -0.128. The fourth-order valence-electron chi connectivity index (χ4n) is 2.36. The highest BCUT2D eigenvalue weighted by atomic mass is 16.5. The van der Waals surface area contributed by atoms with Gasteiger partial charge in [-0.25, -0.2) is 4.98 Å². The molecule has 6 nitrogen and oxygen atoms in total. The Hall–Kier alpha value is -2.18. The summed E-state index contributed by atoms with van der Waals surface area (Å²) in [4.78, 5) is 16.5. The smallest absolute Gasteiger partial charge is 0.254 e. The van der Waals surface area contributed by atoms with Crippen LogP contribution in [0, 0.1) is 13.8 Å². The van der Waals surface area contributed by atoms with Gasteiger partial charge in [-0.05, 0) is 31.5 Å². The Kier molecular flexibility index (Phi) is 4.22. The van der Waals surface area contributed by atoms with Crippen LogP contribution in [0.5, 0.6) is 0 Å². The Morgan fingerprint density at radius 2 is 2.27 bits per heavy atom. The predicted octanol–water partition coefficient (Wildman–Crippen LogP) is 1.89. The molecule has 0 aliphatic carbocycles. The van der Waals surface area contributed by atoms with Crippen molar-refractivity contribution in [2.75, 3.05) is 25.0 Å². The SMILES string of the molecule is Cc1coc(-c2cc(NC(=O)C3CNCCO3)ccc2C)n1. The van der Waals surface area contributed by atoms with E-state index in [9.17, 15) is 4.79 Å². The van der Waals surface area contributed by atoms with E-state index in [1.54, 1.807) is 6.26 Å². The van der Waals surface area contributed by atoms with Crippen LogP contribution in [-0.2, 0) is 9.53 Å². The molecule has 1 aliphatic heterocycles. The van der Waals surface area contributed by atoms with Crippen molar-refractivity contribution in [1.82, 2.24) is 10.3 Å². The first kappa shape index (κ1) is 14.7. The highest BCUT2D eigenvalue weighted by Crippen LogP contribution is 2.26. The minimum Gasteiger partial charge on any atom is -0.444 e. The molecule has 0 saturated carbocycles. The van der Waals surface area contributed by atoms with Crippen molar-refractivity contribution in [2.45, 2.75) is 20.0 Å². The molecule has 1 fully saturated rings. The van der Waals surface area contributed by atoms with Gasteiger partial charge in [-0.3, -0.25) is 4.79 Å². The van der Waals surface area contributed by atoms with Gasteiger partial charge in [0.1, 0.15) is 12.4 Å². The Balaban J connectivity index is 1.78. The van der Waals surface area contributed by atoms with Crippen molar-refractivity contribution < 1.29 is 13.9 Å². The van der Waals surface area contributed by atoms with Crippen LogP contribution in [0.3, 0.4) is 0 Å². The summed E-state index contributed by atoms with van der Waals surface area (Å²) in [6, 6.07) is 5.67. The molecule has 22 heavy (non-hydrogen) atoms. The third-order valence-electron chi connectivity index (χ3n) is 3.57. The first-order valence-electron chi connectivity index (χ1n) is 7.30. The molecule has 0 radical (unpaired) electrons. The molecule has 0 bridgehead atoms. The molecule has 2 aromatic rings. The monoisotopic (exact) mass is 301 g/mol. The van der Waals surface area contributed by atoms with Crippen LogP contribution in [0.25, 0.3) is 11.5 Å². The van der Waals surface area contributed by atoms with Gasteiger partial charge in [0.15, 0.2) is 0 Å². The maximum Gasteiger partial charge on any atom is 0.254 e. The van der Waals surface area contributed by atoms with E-state index >= 15 is 0 Å². The lowest BCUT2D eigenvalue weighted by atomic mass is 10.1. The molecule has 6 heteroatoms. The quantitative estimate of drug-likeness (QED) is 0.905. The third kappa shape index (κ3) is 3.18. The number of morpholine rings is 1. The zero-order valence-corrected chi connectivity index (χ0v) is 12.7. The number of hydrogen-bond donors (Lipinski definition) is 2. The van der Waals surface area contributed by atoms with Gasteiger partial charge in [0, 0.05) is 24.3 Å². The van der Waals surface area contributed by atoms with Crippen LogP contribution in [-0.4, -0.2) is 36.7 Å². The summed E-state index contributed by atoms with van der Waals surface area (Å²) in [6.45, 7) is 5.72. The van der Waals surface area contributed by atoms with E-state index in [2.05, 4.69) is 15.6 Å². The molecule has 1 amide bonds. The summed E-state index contributed by atoms with van der Waals surface area (Å²) in [5.41, 5.74) is 3.44. The van der Waals surface area contributed by atoms with E-state index in [0.29, 0.717) is 24.7 Å². The minimum absolute atomic E-state index is 0.148. The standard InChI is InChI=1S/C16H19N3O3/c1-10-3-4-12(7-13(10)16-18-11(2)9-22-16)19-15(20)14-8-17-5-6-21-14/h3-4,7,9,14,17H,5-6,8H2,1-2H3,(H,19,20). The lowest BCUT2D eigenvalue weighted by Gasteiger charge is -2.22. The molecule has 1 aliphatic rings. The van der Waals surface area contributed by atoms with Crippen molar-refractivity contribution in [2.24, 2.45) is 0 Å². The number of anilines is 1. The molecule has 2 N–H and O–H groups in total. The predicted molar refractivity (Wildman–Crippen MR) is 82.7 cm³/mol. The van der Waals surface area contributed by atoms with Gasteiger partial charge in [-0.2, -0.15) is 0 Å². The number of nitrogens with one attached hydrogen (secondary N) is 2. The van der Waals surface area contributed by atoms with E-state index in [0.717, 1.165) is 23.4 Å². The van der Waals surface area contributed by atoms with Gasteiger partial charge in [-0.1, -0.05) is 6.07 Å². The van der Waals surface area contributed by atoms with Gasteiger partial charge >= 0.3 is 0 Å². The van der Waals surface area contributed by atoms with Crippen LogP contribution in [0.4, 0.5) is 5.69 Å². The van der Waals surface area contributed by atoms with E-state index in [4.69, 9.17) is 9.15 Å². The first-order chi connectivity index (χ1) is 10.6. The number of aryl methyl sites for hydroxylation is 2. The summed E-state index contributed by atoms with van der Waals surface area (Å²) in [5, 5.41) is 6.02. The summed E-state index contributed by atoms with van der Waals surface area (Å²) in [7, 11) is 0. The minimum atomic E-state index is -0.456. The average molecular weight is 301 g/mol. The Bertz CT molecular complexity index is 675. The Morgan fingerprint density at radius 1 is 1.41 bits per heavy atom. The number of carbonyl (C=O) groups is 1. The van der Waals surface area contributed by atoms with Crippen molar-refractivity contribution in [3.05, 3.63) is 35.7 Å². The molecule has 0 spiro atoms. The van der Waals surface area contributed by atoms with E-state index in [1.165, 1.54) is 0 Å². The number of carbonyl (C=O) groups excluding carboxylic acids is 1. The molecular weight excluding hydrogens is 282 g/mol. The van der Waals surface area contributed by atoms with Crippen molar-refractivity contribution in [3.8, 4) is 11.5 Å². The number of amides is 1. The van der Waals surface area contributed by atoms with Crippen LogP contribution in [0.2, 0.25) is 0 Å². The summed E-state index contributed by atoms with van der Waals surface area (Å²) in [6.07, 6.45) is 1.16. The molecule has 1 saturated heterocycles. The maximum absolute atomic E-state index is 12.2. The van der Waals surface area contributed by atoms with E-state index in [1.807, 2.05) is 32.0 Å². The number of oxazole rings is 1. The second kappa shape index (κ2) is 6.29. The number of hydrogen-bond acceptors (Lipinski definition) is 5. The normalized spacial score (nSPS) is 18.2. The highest BCUT2D eigenvalue weighted by Gasteiger charge is 2.22. The first-order valence-corrected chi connectivity index (χ1v) is 7.30. The maximum atomic E-state index is 12.2. The number of nitrogens with zero attached hydrogens (tertiary/aromatic N) is 1. The largest absolute Gasteiger partial charge is 0.444 e. The lowest BCUT2D eigenvalue weighted by Crippen LogP contribution is -2.45. The van der Waals surface area contributed by atoms with Gasteiger partial charge < -0.3 is 19.8 Å². The van der Waals surface area contributed by atoms with Crippen molar-refractivity contribution >= 4 is 11.6 Å². The number of ether oxygens (including phenoxy) is 1. The summed E-state index contributed by atoms with van der Waals surface area (Å²) < 4.78 is 10.9. The Labute approximate surface area is 128 Å². The average Bonchev–Trinajstić information content (AvgIpc) is 2.96. The fourth-order valence-corrected chi connectivity index (χ4v) is 2.36. The zero-order chi connectivity index (χ0) is 15.5. The molecule has 1 aromatic carbocycles. The molecule has 1 unspecified atom stereocenters. The molecule has 116 valence electrons. The molecule has 3 rings (SSSR count). The molecule has 2 heterocycles. The highest BCUT2D eigenvalue weighted by molar-refractivity contribution is 5.95. The Morgan fingerprint density at radius 3 is 2.95 bits per heavy atom. The van der Waals surface area contributed by atoms with Crippen LogP contribution >= 0.6 is 0 Å². The van der Waals surface area contributed by atoms with Gasteiger partial charge in [0.25, 0.3) is 5.91 Å². The second-order valence-corrected chi connectivity index (χ2v) is 5.38. The topological polar surface area (TPSA) is 76.4 Å².